The number of piperidine rings is 1. The van der Waals surface area contributed by atoms with E-state index in [9.17, 15) is 22.8 Å². The number of halogens is 3. The predicted molar refractivity (Wildman–Crippen MR) is 114 cm³/mol. The largest absolute Gasteiger partial charge is 0.488 e. The van der Waals surface area contributed by atoms with Crippen LogP contribution in [0.25, 0.3) is 0 Å². The van der Waals surface area contributed by atoms with Gasteiger partial charge < -0.3 is 19.4 Å². The van der Waals surface area contributed by atoms with Gasteiger partial charge in [-0.1, -0.05) is 0 Å². The molecule has 3 aliphatic heterocycles. The maximum absolute atomic E-state index is 13.1. The van der Waals surface area contributed by atoms with Gasteiger partial charge >= 0.3 is 6.18 Å². The highest BCUT2D eigenvalue weighted by Crippen LogP contribution is 2.38. The van der Waals surface area contributed by atoms with Gasteiger partial charge in [-0.3, -0.25) is 9.59 Å². The molecule has 174 valence electrons. The van der Waals surface area contributed by atoms with E-state index >= 15 is 0 Å². The summed E-state index contributed by atoms with van der Waals surface area (Å²) in [6.45, 7) is 1.39. The molecule has 0 radical (unpaired) electrons. The maximum atomic E-state index is 13.1. The third-order valence-corrected chi connectivity index (χ3v) is 6.46. The summed E-state index contributed by atoms with van der Waals surface area (Å²) < 4.78 is 45.2. The van der Waals surface area contributed by atoms with E-state index in [1.165, 1.54) is 11.1 Å². The number of alkyl halides is 3. The van der Waals surface area contributed by atoms with Gasteiger partial charge in [0.25, 0.3) is 11.8 Å². The maximum Gasteiger partial charge on any atom is 0.393 e. The van der Waals surface area contributed by atoms with Crippen LogP contribution in [0.15, 0.2) is 30.5 Å². The van der Waals surface area contributed by atoms with E-state index in [1.54, 1.807) is 24.1 Å². The third-order valence-electron chi connectivity index (χ3n) is 6.46. The zero-order valence-corrected chi connectivity index (χ0v) is 18.1. The van der Waals surface area contributed by atoms with Crippen LogP contribution in [0.1, 0.15) is 39.1 Å². The first-order chi connectivity index (χ1) is 15.7. The fourth-order valence-electron chi connectivity index (χ4n) is 4.70. The first-order valence-corrected chi connectivity index (χ1v) is 10.9. The van der Waals surface area contributed by atoms with Crippen LogP contribution >= 0.6 is 0 Å². The van der Waals surface area contributed by atoms with Crippen molar-refractivity contribution in [3.8, 4) is 5.75 Å². The molecule has 0 N–H and O–H groups in total. The molecular formula is C23H23F3N4O3. The van der Waals surface area contributed by atoms with Crippen molar-refractivity contribution >= 4 is 23.3 Å². The minimum absolute atomic E-state index is 0.00863. The molecule has 0 saturated carbocycles. The van der Waals surface area contributed by atoms with Crippen molar-refractivity contribution in [2.45, 2.75) is 25.6 Å². The fraction of sp³-hybridized carbons (Fsp3) is 0.435. The lowest BCUT2D eigenvalue weighted by molar-refractivity contribution is -0.184. The van der Waals surface area contributed by atoms with E-state index in [0.717, 1.165) is 11.3 Å². The number of carbonyl (C=O) groups excluding carboxylic acids is 2. The average Bonchev–Trinajstić information content (AvgIpc) is 3.10. The van der Waals surface area contributed by atoms with Gasteiger partial charge in [-0.15, -0.1) is 0 Å². The fourth-order valence-corrected chi connectivity index (χ4v) is 4.70. The molecule has 2 aromatic rings. The van der Waals surface area contributed by atoms with Crippen molar-refractivity contribution in [1.82, 2.24) is 14.8 Å². The summed E-state index contributed by atoms with van der Waals surface area (Å²) in [4.78, 5) is 34.4. The molecule has 1 fully saturated rings. The number of hydrogen-bond donors (Lipinski definition) is 0. The number of rotatable bonds is 2. The molecule has 1 aromatic heterocycles. The molecule has 10 heteroatoms. The van der Waals surface area contributed by atoms with Gasteiger partial charge in [-0.2, -0.15) is 13.2 Å². The normalized spacial score (nSPS) is 20.4. The Kier molecular flexibility index (Phi) is 5.18. The molecule has 1 saturated heterocycles. The number of fused-ring (bicyclic) bond motifs is 2. The Balaban J connectivity index is 1.39. The van der Waals surface area contributed by atoms with Gasteiger partial charge in [-0.05, 0) is 42.7 Å². The summed E-state index contributed by atoms with van der Waals surface area (Å²) in [6.07, 6.45) is -2.57. The molecule has 33 heavy (non-hydrogen) atoms. The monoisotopic (exact) mass is 460 g/mol. The second-order valence-electron chi connectivity index (χ2n) is 8.68. The van der Waals surface area contributed by atoms with Crippen LogP contribution in [0.2, 0.25) is 0 Å². The number of likely N-dealkylation sites (tertiary alicyclic amines) is 1. The average molecular weight is 460 g/mol. The van der Waals surface area contributed by atoms with Crippen LogP contribution in [0.4, 0.5) is 24.7 Å². The molecule has 1 aromatic carbocycles. The van der Waals surface area contributed by atoms with E-state index in [2.05, 4.69) is 4.98 Å². The highest BCUT2D eigenvalue weighted by atomic mass is 19.4. The van der Waals surface area contributed by atoms with Crippen LogP contribution < -0.4 is 9.64 Å². The van der Waals surface area contributed by atoms with Crippen LogP contribution in [-0.2, 0) is 6.54 Å². The molecule has 0 spiro atoms. The van der Waals surface area contributed by atoms with Gasteiger partial charge in [0.15, 0.2) is 11.6 Å². The molecule has 5 rings (SSSR count). The zero-order valence-electron chi connectivity index (χ0n) is 18.1. The highest BCUT2D eigenvalue weighted by Gasteiger charge is 2.43. The lowest BCUT2D eigenvalue weighted by Crippen LogP contribution is -2.44. The Morgan fingerprint density at radius 1 is 1.21 bits per heavy atom. The lowest BCUT2D eigenvalue weighted by Gasteiger charge is -2.34. The smallest absolute Gasteiger partial charge is 0.393 e. The summed E-state index contributed by atoms with van der Waals surface area (Å²) in [7, 11) is 1.76. The predicted octanol–water partition coefficient (Wildman–Crippen LogP) is 3.61. The van der Waals surface area contributed by atoms with E-state index in [-0.39, 0.29) is 31.0 Å². The second-order valence-corrected chi connectivity index (χ2v) is 8.68. The van der Waals surface area contributed by atoms with Gasteiger partial charge in [0, 0.05) is 44.1 Å². The Hall–Kier alpha value is -3.30. The third kappa shape index (κ3) is 3.87. The van der Waals surface area contributed by atoms with Crippen LogP contribution in [0.5, 0.6) is 5.75 Å². The summed E-state index contributed by atoms with van der Waals surface area (Å²) in [5.74, 6) is -1.05. The molecule has 4 heterocycles. The SMILES string of the molecule is CN1Cc2cc(N3CCOc4cc(C(=O)N5CCC[C@H](C(F)(F)F)C5)cnc43)ccc2C1=O. The number of ether oxygens (including phenoxy) is 1. The minimum Gasteiger partial charge on any atom is -0.488 e. The summed E-state index contributed by atoms with van der Waals surface area (Å²) in [6, 6.07) is 7.17. The van der Waals surface area contributed by atoms with Crippen molar-refractivity contribution in [2.75, 3.05) is 38.2 Å². The lowest BCUT2D eigenvalue weighted by atomic mass is 9.97. The molecule has 3 aliphatic rings. The van der Waals surface area contributed by atoms with Crippen molar-refractivity contribution < 1.29 is 27.5 Å². The number of amides is 2. The standard InChI is InChI=1S/C23H23F3N4O3/c1-28-12-15-9-17(4-5-18(15)22(28)32)30-7-8-33-19-10-14(11-27-20(19)30)21(31)29-6-2-3-16(13-29)23(24,25)26/h4-5,9-11,16H,2-3,6-8,12-13H2,1H3/t16-/m0/s1. The Bertz CT molecular complexity index is 1120. The summed E-state index contributed by atoms with van der Waals surface area (Å²) in [5.41, 5.74) is 2.68. The number of aromatic nitrogens is 1. The van der Waals surface area contributed by atoms with Crippen LogP contribution in [-0.4, -0.2) is 66.1 Å². The molecule has 1 atom stereocenters. The molecular weight excluding hydrogens is 437 g/mol. The molecule has 7 nitrogen and oxygen atoms in total. The van der Waals surface area contributed by atoms with Crippen LogP contribution in [0.3, 0.4) is 0 Å². The van der Waals surface area contributed by atoms with E-state index in [0.29, 0.717) is 43.2 Å². The van der Waals surface area contributed by atoms with Crippen molar-refractivity contribution in [3.63, 3.8) is 0 Å². The Morgan fingerprint density at radius 3 is 2.82 bits per heavy atom. The summed E-state index contributed by atoms with van der Waals surface area (Å²) >= 11 is 0. The van der Waals surface area contributed by atoms with Crippen molar-refractivity contribution in [2.24, 2.45) is 5.92 Å². The number of hydrogen-bond acceptors (Lipinski definition) is 5. The number of pyridine rings is 1. The topological polar surface area (TPSA) is 66.0 Å². The number of nitrogens with zero attached hydrogens (tertiary/aromatic N) is 4. The minimum atomic E-state index is -4.31. The van der Waals surface area contributed by atoms with E-state index in [4.69, 9.17) is 4.74 Å². The molecule has 0 bridgehead atoms. The quantitative estimate of drug-likeness (QED) is 0.685. The van der Waals surface area contributed by atoms with Gasteiger partial charge in [0.1, 0.15) is 6.61 Å². The Morgan fingerprint density at radius 2 is 2.03 bits per heavy atom. The number of anilines is 2. The highest BCUT2D eigenvalue weighted by molar-refractivity contribution is 5.99. The molecule has 2 amide bonds. The van der Waals surface area contributed by atoms with E-state index in [1.807, 2.05) is 17.0 Å². The van der Waals surface area contributed by atoms with Gasteiger partial charge in [0.2, 0.25) is 0 Å². The van der Waals surface area contributed by atoms with Crippen molar-refractivity contribution in [1.29, 1.82) is 0 Å². The van der Waals surface area contributed by atoms with Gasteiger partial charge in [0.05, 0.1) is 18.0 Å². The van der Waals surface area contributed by atoms with Crippen molar-refractivity contribution in [3.05, 3.63) is 47.2 Å². The summed E-state index contributed by atoms with van der Waals surface area (Å²) in [5, 5.41) is 0. The van der Waals surface area contributed by atoms with Crippen LogP contribution in [0, 0.1) is 5.92 Å². The zero-order chi connectivity index (χ0) is 23.3. The van der Waals surface area contributed by atoms with Gasteiger partial charge in [-0.25, -0.2) is 4.98 Å². The molecule has 0 unspecified atom stereocenters. The first kappa shape index (κ1) is 21.5. The molecule has 0 aliphatic carbocycles. The second kappa shape index (κ2) is 7.93. The Labute approximate surface area is 188 Å². The first-order valence-electron chi connectivity index (χ1n) is 10.9. The number of carbonyl (C=O) groups is 2. The number of benzene rings is 1. The van der Waals surface area contributed by atoms with E-state index < -0.39 is 18.0 Å².